The van der Waals surface area contributed by atoms with E-state index in [4.69, 9.17) is 4.74 Å². The Morgan fingerprint density at radius 3 is 1.97 bits per heavy atom. The Morgan fingerprint density at radius 2 is 1.29 bits per heavy atom. The van der Waals surface area contributed by atoms with Crippen molar-refractivity contribution in [1.82, 2.24) is 0 Å². The Kier molecular flexibility index (Phi) is 10.2. The first kappa shape index (κ1) is 25.5. The van der Waals surface area contributed by atoms with E-state index >= 15 is 0 Å². The second-order valence-electron chi connectivity index (χ2n) is 8.63. The normalized spacial score (nSPS) is 10.6. The molecule has 0 unspecified atom stereocenters. The summed E-state index contributed by atoms with van der Waals surface area (Å²) in [7, 11) is 0. The van der Waals surface area contributed by atoms with Gasteiger partial charge >= 0.3 is 0 Å². The lowest BCUT2D eigenvalue weighted by molar-refractivity contribution is 0.288. The molecule has 3 aromatic rings. The summed E-state index contributed by atoms with van der Waals surface area (Å²) < 4.78 is 33.9. The summed E-state index contributed by atoms with van der Waals surface area (Å²) in [6.45, 7) is 4.62. The quantitative estimate of drug-likeness (QED) is 0.205. The van der Waals surface area contributed by atoms with Gasteiger partial charge in [-0.2, -0.15) is 4.39 Å². The molecule has 0 N–H and O–H groups in total. The lowest BCUT2D eigenvalue weighted by Gasteiger charge is -2.07. The first-order chi connectivity index (χ1) is 16.6. The van der Waals surface area contributed by atoms with Crippen molar-refractivity contribution < 1.29 is 13.5 Å². The average molecular weight is 461 g/mol. The molecule has 0 spiro atoms. The molecule has 0 saturated heterocycles. The summed E-state index contributed by atoms with van der Waals surface area (Å²) in [6.07, 6.45) is 9.31. The molecule has 0 bridgehead atoms. The van der Waals surface area contributed by atoms with Crippen LogP contribution in [0.4, 0.5) is 8.78 Å². The molecule has 0 amide bonds. The molecular weight excluding hydrogens is 426 g/mol. The summed E-state index contributed by atoms with van der Waals surface area (Å²) >= 11 is 0. The zero-order chi connectivity index (χ0) is 24.2. The Labute approximate surface area is 203 Å². The lowest BCUT2D eigenvalue weighted by atomic mass is 10.00. The van der Waals surface area contributed by atoms with Crippen molar-refractivity contribution in [2.45, 2.75) is 65.2 Å². The summed E-state index contributed by atoms with van der Waals surface area (Å²) in [5.74, 6) is 3.65. The fraction of sp³-hybridized carbons (Fsp3) is 0.355. The van der Waals surface area contributed by atoms with E-state index < -0.39 is 11.6 Å². The predicted octanol–water partition coefficient (Wildman–Crippen LogP) is 8.72. The van der Waals surface area contributed by atoms with Gasteiger partial charge in [-0.1, -0.05) is 94.2 Å². The molecule has 0 heterocycles. The largest absolute Gasteiger partial charge is 0.490 e. The molecule has 0 aliphatic heterocycles. The number of hydrogen-bond acceptors (Lipinski definition) is 1. The molecule has 3 aromatic carbocycles. The Hall–Kier alpha value is -3.12. The predicted molar refractivity (Wildman–Crippen MR) is 137 cm³/mol. The van der Waals surface area contributed by atoms with Crippen LogP contribution in [0.2, 0.25) is 0 Å². The minimum Gasteiger partial charge on any atom is -0.490 e. The molecule has 0 aliphatic carbocycles. The summed E-state index contributed by atoms with van der Waals surface area (Å²) in [4.78, 5) is 0. The third kappa shape index (κ3) is 7.45. The SMILES string of the molecule is CCCCCCCc1ccc(-c2ccc(C#Cc3ccc(OCCCC)c(F)c3F)cc2)cc1. The van der Waals surface area contributed by atoms with Gasteiger partial charge < -0.3 is 4.74 Å². The molecule has 0 aliphatic rings. The van der Waals surface area contributed by atoms with Crippen molar-refractivity contribution in [3.05, 3.63) is 89.0 Å². The van der Waals surface area contributed by atoms with Crippen LogP contribution in [0, 0.1) is 23.5 Å². The van der Waals surface area contributed by atoms with Crippen molar-refractivity contribution >= 4 is 0 Å². The highest BCUT2D eigenvalue weighted by Gasteiger charge is 2.13. The van der Waals surface area contributed by atoms with Crippen LogP contribution in [0.1, 0.15) is 75.5 Å². The smallest absolute Gasteiger partial charge is 0.201 e. The molecule has 0 saturated carbocycles. The number of rotatable bonds is 11. The number of halogens is 2. The van der Waals surface area contributed by atoms with Gasteiger partial charge in [0.25, 0.3) is 0 Å². The van der Waals surface area contributed by atoms with Gasteiger partial charge in [0.1, 0.15) is 0 Å². The lowest BCUT2D eigenvalue weighted by Crippen LogP contribution is -2.01. The number of aryl methyl sites for hydroxylation is 1. The van der Waals surface area contributed by atoms with Crippen LogP contribution in [0.5, 0.6) is 5.75 Å². The van der Waals surface area contributed by atoms with Crippen LogP contribution in [0.15, 0.2) is 60.7 Å². The maximum atomic E-state index is 14.4. The second-order valence-corrected chi connectivity index (χ2v) is 8.63. The minimum atomic E-state index is -0.984. The first-order valence-electron chi connectivity index (χ1n) is 12.4. The molecule has 178 valence electrons. The van der Waals surface area contributed by atoms with E-state index in [1.54, 1.807) is 0 Å². The molecule has 3 heteroatoms. The minimum absolute atomic E-state index is 0.0229. The summed E-state index contributed by atoms with van der Waals surface area (Å²) in [5, 5.41) is 0. The maximum Gasteiger partial charge on any atom is 0.201 e. The standard InChI is InChI=1S/C31H34F2O/c1-3-5-7-8-9-10-24-11-16-26(17-12-24)27-18-13-25(14-19-27)15-20-28-21-22-29(31(33)30(28)32)34-23-6-4-2/h11-14,16-19,21-22H,3-10,23H2,1-2H3. The summed E-state index contributed by atoms with van der Waals surface area (Å²) in [5.41, 5.74) is 4.40. The second kappa shape index (κ2) is 13.6. The van der Waals surface area contributed by atoms with E-state index in [1.807, 2.05) is 31.2 Å². The number of ether oxygens (including phenoxy) is 1. The van der Waals surface area contributed by atoms with Crippen LogP contribution in [-0.2, 0) is 6.42 Å². The van der Waals surface area contributed by atoms with Gasteiger partial charge in [0.2, 0.25) is 5.82 Å². The van der Waals surface area contributed by atoms with Crippen LogP contribution >= 0.6 is 0 Å². The van der Waals surface area contributed by atoms with Crippen molar-refractivity contribution in [3.63, 3.8) is 0 Å². The molecule has 0 radical (unpaired) electrons. The van der Waals surface area contributed by atoms with E-state index in [-0.39, 0.29) is 11.3 Å². The summed E-state index contributed by atoms with van der Waals surface area (Å²) in [6, 6.07) is 19.4. The Bertz CT molecular complexity index is 1090. The zero-order valence-electron chi connectivity index (χ0n) is 20.3. The van der Waals surface area contributed by atoms with E-state index in [1.165, 1.54) is 49.8 Å². The molecular formula is C31H34F2O. The van der Waals surface area contributed by atoms with Gasteiger partial charge in [-0.3, -0.25) is 0 Å². The molecule has 0 atom stereocenters. The monoisotopic (exact) mass is 460 g/mol. The van der Waals surface area contributed by atoms with Crippen molar-refractivity contribution in [2.24, 2.45) is 0 Å². The van der Waals surface area contributed by atoms with Crippen molar-refractivity contribution in [1.29, 1.82) is 0 Å². The molecule has 0 fully saturated rings. The van der Waals surface area contributed by atoms with Crippen LogP contribution < -0.4 is 4.74 Å². The number of unbranched alkanes of at least 4 members (excludes halogenated alkanes) is 5. The first-order valence-corrected chi connectivity index (χ1v) is 12.4. The van der Waals surface area contributed by atoms with Gasteiger partial charge in [0.15, 0.2) is 11.6 Å². The maximum absolute atomic E-state index is 14.4. The van der Waals surface area contributed by atoms with Gasteiger partial charge in [0.05, 0.1) is 12.2 Å². The van der Waals surface area contributed by atoms with E-state index in [0.717, 1.165) is 36.0 Å². The Morgan fingerprint density at radius 1 is 0.647 bits per heavy atom. The topological polar surface area (TPSA) is 9.23 Å². The molecule has 34 heavy (non-hydrogen) atoms. The Balaban J connectivity index is 1.61. The molecule has 1 nitrogen and oxygen atoms in total. The fourth-order valence-electron chi connectivity index (χ4n) is 3.75. The van der Waals surface area contributed by atoms with Gasteiger partial charge in [-0.05, 0) is 60.2 Å². The zero-order valence-corrected chi connectivity index (χ0v) is 20.3. The third-order valence-electron chi connectivity index (χ3n) is 5.89. The highest BCUT2D eigenvalue weighted by atomic mass is 19.2. The van der Waals surface area contributed by atoms with Crippen LogP contribution in [-0.4, -0.2) is 6.61 Å². The highest BCUT2D eigenvalue weighted by molar-refractivity contribution is 5.64. The molecule has 3 rings (SSSR count). The highest BCUT2D eigenvalue weighted by Crippen LogP contribution is 2.23. The van der Waals surface area contributed by atoms with Gasteiger partial charge in [-0.15, -0.1) is 0 Å². The van der Waals surface area contributed by atoms with Crippen molar-refractivity contribution in [2.75, 3.05) is 6.61 Å². The number of benzene rings is 3. The van der Waals surface area contributed by atoms with Crippen LogP contribution in [0.3, 0.4) is 0 Å². The molecule has 0 aromatic heterocycles. The van der Waals surface area contributed by atoms with E-state index in [2.05, 4.69) is 43.0 Å². The number of hydrogen-bond donors (Lipinski definition) is 0. The van der Waals surface area contributed by atoms with Crippen LogP contribution in [0.25, 0.3) is 11.1 Å². The average Bonchev–Trinajstić information content (AvgIpc) is 2.87. The van der Waals surface area contributed by atoms with Gasteiger partial charge in [0, 0.05) is 5.56 Å². The van der Waals surface area contributed by atoms with E-state index in [9.17, 15) is 8.78 Å². The third-order valence-corrected chi connectivity index (χ3v) is 5.89. The van der Waals surface area contributed by atoms with Crippen molar-refractivity contribution in [3.8, 4) is 28.7 Å². The van der Waals surface area contributed by atoms with Gasteiger partial charge in [-0.25, -0.2) is 4.39 Å². The fourth-order valence-corrected chi connectivity index (χ4v) is 3.75. The van der Waals surface area contributed by atoms with E-state index in [0.29, 0.717) is 6.61 Å².